The molecule has 0 saturated heterocycles. The summed E-state index contributed by atoms with van der Waals surface area (Å²) in [6.07, 6.45) is 5.48. The Bertz CT molecular complexity index is 613. The van der Waals surface area contributed by atoms with Gasteiger partial charge in [0.05, 0.1) is 17.3 Å². The molecule has 0 spiro atoms. The Morgan fingerprint density at radius 1 is 1.58 bits per heavy atom. The molecule has 0 bridgehead atoms. The van der Waals surface area contributed by atoms with E-state index in [2.05, 4.69) is 17.3 Å². The van der Waals surface area contributed by atoms with Crippen molar-refractivity contribution in [3.8, 4) is 0 Å². The van der Waals surface area contributed by atoms with Crippen LogP contribution in [0.3, 0.4) is 0 Å². The molecule has 100 valence electrons. The van der Waals surface area contributed by atoms with Crippen LogP contribution in [0.2, 0.25) is 0 Å². The van der Waals surface area contributed by atoms with Gasteiger partial charge in [0.2, 0.25) is 0 Å². The van der Waals surface area contributed by atoms with Gasteiger partial charge in [-0.15, -0.1) is 0 Å². The van der Waals surface area contributed by atoms with Crippen LogP contribution in [0.5, 0.6) is 0 Å². The second-order valence-electron chi connectivity index (χ2n) is 5.74. The Kier molecular flexibility index (Phi) is 2.78. The zero-order chi connectivity index (χ0) is 13.5. The molecule has 2 aromatic rings. The van der Waals surface area contributed by atoms with Gasteiger partial charge in [0.25, 0.3) is 5.91 Å². The lowest BCUT2D eigenvalue weighted by Gasteiger charge is -2.43. The molecule has 0 unspecified atom stereocenters. The van der Waals surface area contributed by atoms with Crippen molar-refractivity contribution in [3.05, 3.63) is 36.2 Å². The third-order valence-electron chi connectivity index (χ3n) is 3.87. The summed E-state index contributed by atoms with van der Waals surface area (Å²) in [5.41, 5.74) is 7.45. The lowest BCUT2D eigenvalue weighted by atomic mass is 9.67. The molecule has 0 aromatic carbocycles. The first-order chi connectivity index (χ1) is 9.07. The van der Waals surface area contributed by atoms with E-state index in [4.69, 9.17) is 5.73 Å². The van der Waals surface area contributed by atoms with E-state index in [9.17, 15) is 4.79 Å². The van der Waals surface area contributed by atoms with Gasteiger partial charge in [-0.3, -0.25) is 4.79 Å². The molecule has 0 atom stereocenters. The predicted molar refractivity (Wildman–Crippen MR) is 72.8 cm³/mol. The lowest BCUT2D eigenvalue weighted by Crippen LogP contribution is -2.50. The second kappa shape index (κ2) is 4.35. The van der Waals surface area contributed by atoms with Crippen LogP contribution in [0, 0.1) is 5.41 Å². The average Bonchev–Trinajstić information content (AvgIpc) is 2.82. The van der Waals surface area contributed by atoms with Crippen LogP contribution in [-0.2, 0) is 0 Å². The number of carbonyl (C=O) groups is 1. The number of nitrogens with one attached hydrogen (secondary N) is 1. The minimum absolute atomic E-state index is 0.0483. The molecule has 2 heterocycles. The number of hydrogen-bond donors (Lipinski definition) is 2. The molecule has 0 radical (unpaired) electrons. The van der Waals surface area contributed by atoms with Gasteiger partial charge in [0.15, 0.2) is 0 Å². The number of nitrogens with two attached hydrogens (primary N) is 1. The smallest absolute Gasteiger partial charge is 0.253 e. The van der Waals surface area contributed by atoms with Crippen molar-refractivity contribution in [2.24, 2.45) is 11.1 Å². The average molecular weight is 258 g/mol. The molecule has 1 aliphatic carbocycles. The van der Waals surface area contributed by atoms with E-state index < -0.39 is 0 Å². The molecule has 1 aliphatic rings. The molecule has 1 fully saturated rings. The third-order valence-corrected chi connectivity index (χ3v) is 3.87. The highest BCUT2D eigenvalue weighted by molar-refractivity contribution is 6.00. The van der Waals surface area contributed by atoms with Crippen molar-refractivity contribution in [2.45, 2.75) is 25.8 Å². The Balaban J connectivity index is 1.72. The van der Waals surface area contributed by atoms with E-state index in [1.165, 1.54) is 0 Å². The molecule has 19 heavy (non-hydrogen) atoms. The summed E-state index contributed by atoms with van der Waals surface area (Å²) in [6, 6.07) is 5.78. The summed E-state index contributed by atoms with van der Waals surface area (Å²) in [5, 5.41) is 7.14. The quantitative estimate of drug-likeness (QED) is 0.868. The van der Waals surface area contributed by atoms with Gasteiger partial charge >= 0.3 is 0 Å². The van der Waals surface area contributed by atoms with Gasteiger partial charge in [-0.25, -0.2) is 4.52 Å². The number of carbonyl (C=O) groups excluding carboxylic acids is 1. The van der Waals surface area contributed by atoms with E-state index in [-0.39, 0.29) is 11.3 Å². The molecule has 5 nitrogen and oxygen atoms in total. The molecule has 1 saturated carbocycles. The van der Waals surface area contributed by atoms with Gasteiger partial charge in [0.1, 0.15) is 0 Å². The first-order valence-electron chi connectivity index (χ1n) is 6.54. The fourth-order valence-corrected chi connectivity index (χ4v) is 2.88. The molecule has 1 amide bonds. The van der Waals surface area contributed by atoms with Crippen molar-refractivity contribution < 1.29 is 4.79 Å². The van der Waals surface area contributed by atoms with Gasteiger partial charge in [-0.2, -0.15) is 5.10 Å². The minimum atomic E-state index is -0.0483. The summed E-state index contributed by atoms with van der Waals surface area (Å²) in [5.74, 6) is -0.0483. The van der Waals surface area contributed by atoms with Crippen LogP contribution in [0.25, 0.3) is 5.52 Å². The number of pyridine rings is 1. The maximum Gasteiger partial charge on any atom is 0.253 e. The highest BCUT2D eigenvalue weighted by atomic mass is 16.1. The summed E-state index contributed by atoms with van der Waals surface area (Å²) in [4.78, 5) is 12.2. The molecular formula is C14H18N4O. The molecule has 0 aliphatic heterocycles. The first-order valence-corrected chi connectivity index (χ1v) is 6.54. The number of nitrogens with zero attached hydrogens (tertiary/aromatic N) is 2. The van der Waals surface area contributed by atoms with Crippen molar-refractivity contribution >= 4 is 11.4 Å². The highest BCUT2D eigenvalue weighted by Gasteiger charge is 2.38. The normalized spacial score (nSPS) is 26.1. The third kappa shape index (κ3) is 2.21. The Labute approximate surface area is 111 Å². The van der Waals surface area contributed by atoms with Gasteiger partial charge in [-0.05, 0) is 36.5 Å². The fraction of sp³-hybridized carbons (Fsp3) is 0.429. The van der Waals surface area contributed by atoms with Crippen molar-refractivity contribution in [3.63, 3.8) is 0 Å². The van der Waals surface area contributed by atoms with E-state index in [1.807, 2.05) is 24.4 Å². The van der Waals surface area contributed by atoms with Crippen LogP contribution < -0.4 is 11.1 Å². The van der Waals surface area contributed by atoms with E-state index in [0.29, 0.717) is 18.2 Å². The van der Waals surface area contributed by atoms with Gasteiger partial charge < -0.3 is 11.1 Å². The van der Waals surface area contributed by atoms with E-state index in [0.717, 1.165) is 18.4 Å². The SMILES string of the molecule is CC1(CNC(=O)c2cccn3nccc23)CC(N)C1. The lowest BCUT2D eigenvalue weighted by molar-refractivity contribution is 0.0858. The Hall–Kier alpha value is -1.88. The van der Waals surface area contributed by atoms with Crippen LogP contribution in [0.15, 0.2) is 30.6 Å². The second-order valence-corrected chi connectivity index (χ2v) is 5.74. The molecule has 3 rings (SSSR count). The van der Waals surface area contributed by atoms with Crippen LogP contribution >= 0.6 is 0 Å². The summed E-state index contributed by atoms with van der Waals surface area (Å²) in [6.45, 7) is 2.84. The van der Waals surface area contributed by atoms with Gasteiger partial charge in [-0.1, -0.05) is 6.92 Å². The molecule has 2 aromatic heterocycles. The maximum atomic E-state index is 12.2. The number of aromatic nitrogens is 2. The fourth-order valence-electron chi connectivity index (χ4n) is 2.88. The number of amides is 1. The molecule has 5 heteroatoms. The highest BCUT2D eigenvalue weighted by Crippen LogP contribution is 2.38. The number of rotatable bonds is 3. The standard InChI is InChI=1S/C14H18N4O/c1-14(7-10(15)8-14)9-16-13(19)11-3-2-6-18-12(11)4-5-17-18/h2-6,10H,7-9,15H2,1H3,(H,16,19). The zero-order valence-electron chi connectivity index (χ0n) is 11.0. The van der Waals surface area contributed by atoms with Crippen molar-refractivity contribution in [2.75, 3.05) is 6.54 Å². The number of hydrogen-bond acceptors (Lipinski definition) is 3. The van der Waals surface area contributed by atoms with Crippen LogP contribution in [0.4, 0.5) is 0 Å². The van der Waals surface area contributed by atoms with Crippen molar-refractivity contribution in [1.82, 2.24) is 14.9 Å². The topological polar surface area (TPSA) is 72.4 Å². The summed E-state index contributed by atoms with van der Waals surface area (Å²) in [7, 11) is 0. The van der Waals surface area contributed by atoms with Crippen molar-refractivity contribution in [1.29, 1.82) is 0 Å². The largest absolute Gasteiger partial charge is 0.351 e. The van der Waals surface area contributed by atoms with Crippen LogP contribution in [-0.4, -0.2) is 28.1 Å². The summed E-state index contributed by atoms with van der Waals surface area (Å²) < 4.78 is 1.70. The summed E-state index contributed by atoms with van der Waals surface area (Å²) >= 11 is 0. The molecule has 3 N–H and O–H groups in total. The zero-order valence-corrected chi connectivity index (χ0v) is 11.0. The van der Waals surface area contributed by atoms with E-state index >= 15 is 0 Å². The maximum absolute atomic E-state index is 12.2. The Morgan fingerprint density at radius 3 is 3.11 bits per heavy atom. The molecular weight excluding hydrogens is 240 g/mol. The first kappa shape index (κ1) is 12.2. The Morgan fingerprint density at radius 2 is 2.37 bits per heavy atom. The van der Waals surface area contributed by atoms with Crippen LogP contribution in [0.1, 0.15) is 30.1 Å². The minimum Gasteiger partial charge on any atom is -0.351 e. The monoisotopic (exact) mass is 258 g/mol. The number of fused-ring (bicyclic) bond motifs is 1. The predicted octanol–water partition coefficient (Wildman–Crippen LogP) is 1.19. The van der Waals surface area contributed by atoms with E-state index in [1.54, 1.807) is 10.7 Å². The van der Waals surface area contributed by atoms with Gasteiger partial charge in [0, 0.05) is 18.8 Å².